The van der Waals surface area contributed by atoms with E-state index in [0.717, 1.165) is 6.42 Å². The first-order valence-corrected chi connectivity index (χ1v) is 8.33. The first-order chi connectivity index (χ1) is 12.4. The van der Waals surface area contributed by atoms with Crippen molar-refractivity contribution in [3.05, 3.63) is 28.3 Å². The zero-order valence-electron chi connectivity index (χ0n) is 14.1. The molecule has 138 valence electrons. The van der Waals surface area contributed by atoms with E-state index in [2.05, 4.69) is 9.97 Å². The zero-order chi connectivity index (χ0) is 18.7. The van der Waals surface area contributed by atoms with E-state index >= 15 is 0 Å². The minimum Gasteiger partial charge on any atom is -0.481 e. The minimum absolute atomic E-state index is 0.00114. The van der Waals surface area contributed by atoms with E-state index in [0.29, 0.717) is 43.2 Å². The number of non-ortho nitro benzene ring substituents is 1. The molecular weight excluding hydrogens is 342 g/mol. The highest BCUT2D eigenvalue weighted by molar-refractivity contribution is 5.81. The monoisotopic (exact) mass is 361 g/mol. The van der Waals surface area contributed by atoms with E-state index in [1.54, 1.807) is 11.0 Å². The third-order valence-electron chi connectivity index (χ3n) is 4.36. The lowest BCUT2D eigenvalue weighted by molar-refractivity contribution is -0.384. The largest absolute Gasteiger partial charge is 0.481 e. The van der Waals surface area contributed by atoms with Gasteiger partial charge in [0.15, 0.2) is 0 Å². The Morgan fingerprint density at radius 1 is 1.23 bits per heavy atom. The summed E-state index contributed by atoms with van der Waals surface area (Å²) in [4.78, 5) is 44.4. The molecule has 0 unspecified atom stereocenters. The number of fused-ring (bicyclic) bond motifs is 1. The van der Waals surface area contributed by atoms with Crippen molar-refractivity contribution in [2.75, 3.05) is 31.1 Å². The molecule has 0 bridgehead atoms. The van der Waals surface area contributed by atoms with Crippen LogP contribution in [0, 0.1) is 10.1 Å². The molecule has 10 nitrogen and oxygen atoms in total. The van der Waals surface area contributed by atoms with Crippen LogP contribution in [0.15, 0.2) is 18.2 Å². The van der Waals surface area contributed by atoms with E-state index < -0.39 is 10.9 Å². The molecule has 26 heavy (non-hydrogen) atoms. The lowest BCUT2D eigenvalue weighted by atomic mass is 10.2. The van der Waals surface area contributed by atoms with Gasteiger partial charge in [0, 0.05) is 44.7 Å². The highest BCUT2D eigenvalue weighted by atomic mass is 16.6. The molecule has 1 fully saturated rings. The number of nitrogens with one attached hydrogen (secondary N) is 1. The molecule has 0 spiro atoms. The number of nitro benzene ring substituents is 1. The number of carboxylic acid groups (broad SMARTS) is 1. The summed E-state index contributed by atoms with van der Waals surface area (Å²) in [6.07, 6.45) is 0.570. The molecule has 1 saturated heterocycles. The highest BCUT2D eigenvalue weighted by Crippen LogP contribution is 2.23. The van der Waals surface area contributed by atoms with Gasteiger partial charge in [-0.1, -0.05) is 0 Å². The van der Waals surface area contributed by atoms with Crippen LogP contribution in [0.2, 0.25) is 0 Å². The SMILES string of the molecule is O=C(O)CCC(=O)N1CCCN(c2nc3ccc([N+](=O)[O-])cc3[nH]2)CC1. The molecule has 2 heterocycles. The molecule has 2 N–H and O–H groups in total. The van der Waals surface area contributed by atoms with Crippen molar-refractivity contribution in [1.29, 1.82) is 0 Å². The van der Waals surface area contributed by atoms with Gasteiger partial charge in [-0.25, -0.2) is 4.98 Å². The molecule has 1 amide bonds. The van der Waals surface area contributed by atoms with Gasteiger partial charge in [-0.3, -0.25) is 19.7 Å². The van der Waals surface area contributed by atoms with Gasteiger partial charge in [-0.2, -0.15) is 0 Å². The number of amides is 1. The Balaban J connectivity index is 1.69. The summed E-state index contributed by atoms with van der Waals surface area (Å²) in [7, 11) is 0. The number of carbonyl (C=O) groups excluding carboxylic acids is 1. The number of aromatic nitrogens is 2. The number of rotatable bonds is 5. The summed E-state index contributed by atoms with van der Waals surface area (Å²) in [5.74, 6) is -0.527. The summed E-state index contributed by atoms with van der Waals surface area (Å²) in [5.41, 5.74) is 1.23. The van der Waals surface area contributed by atoms with Crippen molar-refractivity contribution in [2.24, 2.45) is 0 Å². The highest BCUT2D eigenvalue weighted by Gasteiger charge is 2.21. The van der Waals surface area contributed by atoms with Crippen molar-refractivity contribution in [3.63, 3.8) is 0 Å². The topological polar surface area (TPSA) is 133 Å². The molecule has 1 aromatic carbocycles. The average molecular weight is 361 g/mol. The van der Waals surface area contributed by atoms with Crippen LogP contribution in [-0.2, 0) is 9.59 Å². The molecule has 1 aliphatic heterocycles. The van der Waals surface area contributed by atoms with E-state index in [9.17, 15) is 19.7 Å². The Bertz CT molecular complexity index is 849. The Morgan fingerprint density at radius 3 is 2.77 bits per heavy atom. The molecule has 10 heteroatoms. The summed E-state index contributed by atoms with van der Waals surface area (Å²) < 4.78 is 0. The van der Waals surface area contributed by atoms with Crippen molar-refractivity contribution >= 4 is 34.5 Å². The van der Waals surface area contributed by atoms with Crippen molar-refractivity contribution in [3.8, 4) is 0 Å². The number of carboxylic acids is 1. The molecule has 0 radical (unpaired) electrons. The number of aromatic amines is 1. The summed E-state index contributed by atoms with van der Waals surface area (Å²) in [6, 6.07) is 4.47. The van der Waals surface area contributed by atoms with Gasteiger partial charge in [0.25, 0.3) is 5.69 Å². The van der Waals surface area contributed by atoms with Crippen molar-refractivity contribution in [2.45, 2.75) is 19.3 Å². The third-order valence-corrected chi connectivity index (χ3v) is 4.36. The van der Waals surface area contributed by atoms with E-state index in [1.165, 1.54) is 12.1 Å². The molecule has 1 aromatic heterocycles. The molecule has 1 aliphatic rings. The molecular formula is C16H19N5O5. The predicted octanol–water partition coefficient (Wildman–Crippen LogP) is 1.37. The summed E-state index contributed by atoms with van der Waals surface area (Å²) >= 11 is 0. The van der Waals surface area contributed by atoms with Crippen LogP contribution in [0.4, 0.5) is 11.6 Å². The fourth-order valence-corrected chi connectivity index (χ4v) is 3.00. The van der Waals surface area contributed by atoms with Crippen LogP contribution in [0.5, 0.6) is 0 Å². The standard InChI is InChI=1S/C16H19N5O5/c22-14(4-5-15(23)24)19-6-1-7-20(9-8-19)16-17-12-3-2-11(21(25)26)10-13(12)18-16/h2-3,10H,1,4-9H2,(H,17,18)(H,23,24). The maximum atomic E-state index is 12.1. The van der Waals surface area contributed by atoms with Gasteiger partial charge < -0.3 is 19.9 Å². The number of anilines is 1. The number of hydrogen-bond acceptors (Lipinski definition) is 6. The number of nitrogens with zero attached hydrogens (tertiary/aromatic N) is 4. The van der Waals surface area contributed by atoms with Crippen molar-refractivity contribution in [1.82, 2.24) is 14.9 Å². The summed E-state index contributed by atoms with van der Waals surface area (Å²) in [5, 5.41) is 19.6. The van der Waals surface area contributed by atoms with Crippen LogP contribution in [-0.4, -0.2) is 63.0 Å². The lowest BCUT2D eigenvalue weighted by Gasteiger charge is -2.21. The van der Waals surface area contributed by atoms with Gasteiger partial charge in [-0.05, 0) is 12.5 Å². The second-order valence-electron chi connectivity index (χ2n) is 6.13. The first kappa shape index (κ1) is 17.6. The number of benzene rings is 1. The van der Waals surface area contributed by atoms with Gasteiger partial charge in [0.05, 0.1) is 22.4 Å². The van der Waals surface area contributed by atoms with Crippen LogP contribution in [0.3, 0.4) is 0 Å². The molecule has 0 aliphatic carbocycles. The summed E-state index contributed by atoms with van der Waals surface area (Å²) in [6.45, 7) is 2.29. The maximum Gasteiger partial charge on any atom is 0.303 e. The van der Waals surface area contributed by atoms with Crippen LogP contribution < -0.4 is 4.90 Å². The molecule has 2 aromatic rings. The molecule has 0 atom stereocenters. The predicted molar refractivity (Wildman–Crippen MR) is 93.0 cm³/mol. The maximum absolute atomic E-state index is 12.1. The third kappa shape index (κ3) is 3.90. The Labute approximate surface area is 148 Å². The van der Waals surface area contributed by atoms with Crippen LogP contribution in [0.1, 0.15) is 19.3 Å². The van der Waals surface area contributed by atoms with Gasteiger partial charge in [-0.15, -0.1) is 0 Å². The quantitative estimate of drug-likeness (QED) is 0.607. The smallest absolute Gasteiger partial charge is 0.303 e. The van der Waals surface area contributed by atoms with E-state index in [4.69, 9.17) is 5.11 Å². The number of carbonyl (C=O) groups is 2. The Hall–Kier alpha value is -3.17. The van der Waals surface area contributed by atoms with E-state index in [1.807, 2.05) is 4.90 Å². The minimum atomic E-state index is -0.980. The van der Waals surface area contributed by atoms with Gasteiger partial charge >= 0.3 is 5.97 Å². The van der Waals surface area contributed by atoms with Crippen molar-refractivity contribution < 1.29 is 19.6 Å². The fraction of sp³-hybridized carbons (Fsp3) is 0.438. The van der Waals surface area contributed by atoms with E-state index in [-0.39, 0.29) is 24.4 Å². The van der Waals surface area contributed by atoms with Gasteiger partial charge in [0.2, 0.25) is 11.9 Å². The number of H-pyrrole nitrogens is 1. The first-order valence-electron chi connectivity index (χ1n) is 8.33. The van der Waals surface area contributed by atoms with Crippen LogP contribution >= 0.6 is 0 Å². The number of hydrogen-bond donors (Lipinski definition) is 2. The normalized spacial score (nSPS) is 15.1. The Morgan fingerprint density at radius 2 is 2.04 bits per heavy atom. The van der Waals surface area contributed by atoms with Crippen LogP contribution in [0.25, 0.3) is 11.0 Å². The fourth-order valence-electron chi connectivity index (χ4n) is 3.00. The molecule has 0 saturated carbocycles. The second-order valence-corrected chi connectivity index (χ2v) is 6.13. The average Bonchev–Trinajstić information content (AvgIpc) is 2.87. The lowest BCUT2D eigenvalue weighted by Crippen LogP contribution is -2.35. The molecule has 3 rings (SSSR count). The Kier molecular flexibility index (Phi) is 5.01. The van der Waals surface area contributed by atoms with Gasteiger partial charge in [0.1, 0.15) is 0 Å². The number of imidazole rings is 1. The number of nitro groups is 1. The zero-order valence-corrected chi connectivity index (χ0v) is 14.1. The number of aliphatic carboxylic acids is 1. The second kappa shape index (κ2) is 7.38.